The second kappa shape index (κ2) is 10.4. The van der Waals surface area contributed by atoms with Gasteiger partial charge in [0.2, 0.25) is 0 Å². The first-order valence-electron chi connectivity index (χ1n) is 4.94. The van der Waals surface area contributed by atoms with Crippen LogP contribution >= 0.6 is 24.8 Å². The van der Waals surface area contributed by atoms with Crippen molar-refractivity contribution < 1.29 is 9.90 Å². The summed E-state index contributed by atoms with van der Waals surface area (Å²) in [6, 6.07) is 8.98. The molecule has 0 bridgehead atoms. The predicted octanol–water partition coefficient (Wildman–Crippen LogP) is 1.07. The topological polar surface area (TPSA) is 75.3 Å². The molecule has 0 saturated heterocycles. The summed E-state index contributed by atoms with van der Waals surface area (Å²) in [5.74, 6) is -0.840. The molecule has 6 heteroatoms. The number of aliphatic carboxylic acids is 1. The minimum atomic E-state index is -0.840. The Morgan fingerprint density at radius 2 is 1.88 bits per heavy atom. The molecule has 1 atom stereocenters. The minimum absolute atomic E-state index is 0. The Morgan fingerprint density at radius 3 is 2.35 bits per heavy atom. The smallest absolute Gasteiger partial charge is 0.321 e. The summed E-state index contributed by atoms with van der Waals surface area (Å²) in [6.07, 6.45) is 0.482. The van der Waals surface area contributed by atoms with Crippen molar-refractivity contribution in [1.82, 2.24) is 5.32 Å². The first-order valence-corrected chi connectivity index (χ1v) is 4.94. The zero-order valence-electron chi connectivity index (χ0n) is 9.33. The lowest BCUT2D eigenvalue weighted by molar-refractivity contribution is -0.139. The van der Waals surface area contributed by atoms with Crippen molar-refractivity contribution in [3.8, 4) is 0 Å². The molecule has 0 aliphatic rings. The summed E-state index contributed by atoms with van der Waals surface area (Å²) in [4.78, 5) is 10.9. The zero-order chi connectivity index (χ0) is 11.1. The van der Waals surface area contributed by atoms with Gasteiger partial charge in [0, 0.05) is 13.1 Å². The van der Waals surface area contributed by atoms with Gasteiger partial charge in [0.15, 0.2) is 0 Å². The summed E-state index contributed by atoms with van der Waals surface area (Å²) in [6.45, 7) is 0.961. The van der Waals surface area contributed by atoms with Crippen molar-refractivity contribution in [2.45, 2.75) is 12.5 Å². The molecular weight excluding hydrogens is 263 g/mol. The molecule has 0 unspecified atom stereocenters. The number of hydrogen-bond donors (Lipinski definition) is 3. The van der Waals surface area contributed by atoms with Crippen molar-refractivity contribution in [2.24, 2.45) is 5.73 Å². The number of carbonyl (C=O) groups is 1. The summed E-state index contributed by atoms with van der Waals surface area (Å²) >= 11 is 0. The number of hydrogen-bond acceptors (Lipinski definition) is 3. The van der Waals surface area contributed by atoms with Crippen molar-refractivity contribution in [3.05, 3.63) is 35.9 Å². The third kappa shape index (κ3) is 7.18. The molecule has 0 heterocycles. The maximum atomic E-state index is 10.9. The Bertz CT molecular complexity index is 310. The number of nitrogens with two attached hydrogens (primary N) is 1. The molecular formula is C11H18Cl2N2O2. The highest BCUT2D eigenvalue weighted by Crippen LogP contribution is 2.03. The van der Waals surface area contributed by atoms with Crippen molar-refractivity contribution in [2.75, 3.05) is 13.1 Å². The van der Waals surface area contributed by atoms with Crippen LogP contribution in [0.25, 0.3) is 0 Å². The lowest BCUT2D eigenvalue weighted by atomic mass is 10.1. The predicted molar refractivity (Wildman–Crippen MR) is 73.1 cm³/mol. The lowest BCUT2D eigenvalue weighted by Gasteiger charge is -2.13. The Balaban J connectivity index is 0. The molecule has 1 rings (SSSR count). The molecule has 0 aromatic heterocycles. The second-order valence-corrected chi connectivity index (χ2v) is 3.32. The van der Waals surface area contributed by atoms with E-state index >= 15 is 0 Å². The number of carboxylic acid groups (broad SMARTS) is 1. The first kappa shape index (κ1) is 18.6. The number of benzene rings is 1. The highest BCUT2D eigenvalue weighted by Gasteiger charge is 2.16. The van der Waals surface area contributed by atoms with E-state index in [-0.39, 0.29) is 24.8 Å². The maximum absolute atomic E-state index is 10.9. The molecule has 4 N–H and O–H groups in total. The molecule has 0 amide bonds. The fourth-order valence-electron chi connectivity index (χ4n) is 1.35. The zero-order valence-corrected chi connectivity index (χ0v) is 11.0. The molecule has 0 aliphatic carbocycles. The van der Waals surface area contributed by atoms with Crippen LogP contribution in [-0.2, 0) is 11.2 Å². The Labute approximate surface area is 113 Å². The SMILES string of the molecule is Cl.Cl.NCCN[C@H](Cc1ccccc1)C(=O)O. The van der Waals surface area contributed by atoms with Gasteiger partial charge in [-0.2, -0.15) is 0 Å². The quantitative estimate of drug-likeness (QED) is 0.729. The normalized spacial score (nSPS) is 10.9. The Morgan fingerprint density at radius 1 is 1.29 bits per heavy atom. The van der Waals surface area contributed by atoms with Crippen LogP contribution in [0.1, 0.15) is 5.56 Å². The standard InChI is InChI=1S/C11H16N2O2.2ClH/c12-6-7-13-10(11(14)15)8-9-4-2-1-3-5-9;;/h1-5,10,13H,6-8,12H2,(H,14,15);2*1H/t10-;;/m1../s1. The molecule has 0 saturated carbocycles. The van der Waals surface area contributed by atoms with E-state index in [0.29, 0.717) is 19.5 Å². The van der Waals surface area contributed by atoms with E-state index < -0.39 is 12.0 Å². The summed E-state index contributed by atoms with van der Waals surface area (Å²) in [5.41, 5.74) is 6.32. The van der Waals surface area contributed by atoms with Gasteiger partial charge in [-0.3, -0.25) is 4.79 Å². The fraction of sp³-hybridized carbons (Fsp3) is 0.364. The summed E-state index contributed by atoms with van der Waals surface area (Å²) in [5, 5.41) is 11.9. The van der Waals surface area contributed by atoms with Gasteiger partial charge < -0.3 is 16.2 Å². The summed E-state index contributed by atoms with van der Waals surface area (Å²) in [7, 11) is 0. The van der Waals surface area contributed by atoms with Gasteiger partial charge in [-0.1, -0.05) is 30.3 Å². The van der Waals surface area contributed by atoms with Crippen LogP contribution in [-0.4, -0.2) is 30.2 Å². The third-order valence-corrected chi connectivity index (χ3v) is 2.12. The molecule has 17 heavy (non-hydrogen) atoms. The van der Waals surface area contributed by atoms with E-state index in [1.807, 2.05) is 30.3 Å². The van der Waals surface area contributed by atoms with Crippen molar-refractivity contribution >= 4 is 30.8 Å². The van der Waals surface area contributed by atoms with E-state index in [0.717, 1.165) is 5.56 Å². The van der Waals surface area contributed by atoms with E-state index in [1.165, 1.54) is 0 Å². The summed E-state index contributed by atoms with van der Waals surface area (Å²) < 4.78 is 0. The van der Waals surface area contributed by atoms with Crippen LogP contribution in [0.2, 0.25) is 0 Å². The number of halogens is 2. The van der Waals surface area contributed by atoms with Gasteiger partial charge >= 0.3 is 5.97 Å². The van der Waals surface area contributed by atoms with Crippen molar-refractivity contribution in [1.29, 1.82) is 0 Å². The molecule has 0 fully saturated rings. The third-order valence-electron chi connectivity index (χ3n) is 2.12. The van der Waals surface area contributed by atoms with Crippen molar-refractivity contribution in [3.63, 3.8) is 0 Å². The molecule has 0 aliphatic heterocycles. The molecule has 1 aromatic rings. The van der Waals surface area contributed by atoms with Gasteiger partial charge in [-0.15, -0.1) is 24.8 Å². The lowest BCUT2D eigenvalue weighted by Crippen LogP contribution is -2.40. The molecule has 4 nitrogen and oxygen atoms in total. The maximum Gasteiger partial charge on any atom is 0.321 e. The van der Waals surface area contributed by atoms with Crippen LogP contribution in [0, 0.1) is 0 Å². The van der Waals surface area contributed by atoms with Crippen LogP contribution in [0.15, 0.2) is 30.3 Å². The average Bonchev–Trinajstić information content (AvgIpc) is 2.25. The first-order chi connectivity index (χ1) is 7.24. The number of rotatable bonds is 6. The monoisotopic (exact) mass is 280 g/mol. The minimum Gasteiger partial charge on any atom is -0.480 e. The van der Waals surface area contributed by atoms with E-state index in [1.54, 1.807) is 0 Å². The molecule has 98 valence electrons. The highest BCUT2D eigenvalue weighted by atomic mass is 35.5. The van der Waals surface area contributed by atoms with Crippen LogP contribution < -0.4 is 11.1 Å². The second-order valence-electron chi connectivity index (χ2n) is 3.32. The Hall–Kier alpha value is -0.810. The molecule has 0 spiro atoms. The Kier molecular flexibility index (Phi) is 11.3. The van der Waals surface area contributed by atoms with Gasteiger partial charge in [0.1, 0.15) is 6.04 Å². The number of nitrogens with one attached hydrogen (secondary N) is 1. The van der Waals surface area contributed by atoms with E-state index in [2.05, 4.69) is 5.32 Å². The molecule has 0 radical (unpaired) electrons. The van der Waals surface area contributed by atoms with Gasteiger partial charge in [-0.25, -0.2) is 0 Å². The van der Waals surface area contributed by atoms with Gasteiger partial charge in [0.05, 0.1) is 0 Å². The fourth-order valence-corrected chi connectivity index (χ4v) is 1.35. The average molecular weight is 281 g/mol. The van der Waals surface area contributed by atoms with Crippen LogP contribution in [0.4, 0.5) is 0 Å². The van der Waals surface area contributed by atoms with Crippen LogP contribution in [0.3, 0.4) is 0 Å². The van der Waals surface area contributed by atoms with Gasteiger partial charge in [-0.05, 0) is 12.0 Å². The van der Waals surface area contributed by atoms with E-state index in [9.17, 15) is 4.79 Å². The van der Waals surface area contributed by atoms with E-state index in [4.69, 9.17) is 10.8 Å². The van der Waals surface area contributed by atoms with Crippen LogP contribution in [0.5, 0.6) is 0 Å². The highest BCUT2D eigenvalue weighted by molar-refractivity contribution is 5.85. The number of carboxylic acids is 1. The largest absolute Gasteiger partial charge is 0.480 e. The molecule has 1 aromatic carbocycles. The van der Waals surface area contributed by atoms with Gasteiger partial charge in [0.25, 0.3) is 0 Å².